The lowest BCUT2D eigenvalue weighted by molar-refractivity contribution is -0.489. The second kappa shape index (κ2) is 2.84. The maximum atomic E-state index is 10.4. The van der Waals surface area contributed by atoms with Gasteiger partial charge in [-0.1, -0.05) is 0 Å². The van der Waals surface area contributed by atoms with Gasteiger partial charge in [0.2, 0.25) is 0 Å². The Hall–Kier alpha value is -1.37. The maximum absolute atomic E-state index is 10.4. The zero-order chi connectivity index (χ0) is 9.42. The van der Waals surface area contributed by atoms with E-state index in [0.717, 1.165) is 0 Å². The quantitative estimate of drug-likeness (QED) is 0.503. The fourth-order valence-electron chi connectivity index (χ4n) is 1.01. The Kier molecular flexibility index (Phi) is 1.80. The smallest absolute Gasteiger partial charge is 0.264 e. The molecule has 0 aromatic carbocycles. The molecule has 1 atom stereocenters. The van der Waals surface area contributed by atoms with Gasteiger partial charge < -0.3 is 0 Å². The van der Waals surface area contributed by atoms with Crippen LogP contribution in [0.5, 0.6) is 0 Å². The average molecular weight is 243 g/mol. The summed E-state index contributed by atoms with van der Waals surface area (Å²) in [6, 6.07) is -0.880. The Labute approximate surface area is 81.0 Å². The SMILES string of the molecule is O=[N+]([O-])[C@@H]1C=NC2=NN=C(Br)C2=C1. The van der Waals surface area contributed by atoms with Crippen LogP contribution in [0.2, 0.25) is 0 Å². The predicted molar refractivity (Wildman–Crippen MR) is 51.2 cm³/mol. The lowest BCUT2D eigenvalue weighted by Gasteiger charge is -2.05. The zero-order valence-electron chi connectivity index (χ0n) is 6.22. The number of fused-ring (bicyclic) bond motifs is 1. The molecule has 6 nitrogen and oxygen atoms in total. The molecule has 0 N–H and O–H groups in total. The zero-order valence-corrected chi connectivity index (χ0v) is 7.80. The molecule has 66 valence electrons. The van der Waals surface area contributed by atoms with Gasteiger partial charge in [0.15, 0.2) is 5.84 Å². The third-order valence-electron chi connectivity index (χ3n) is 1.63. The molecule has 0 spiro atoms. The fraction of sp³-hybridized carbons (Fsp3) is 0.167. The molecule has 2 aliphatic rings. The highest BCUT2D eigenvalue weighted by Crippen LogP contribution is 2.19. The molecule has 2 rings (SSSR count). The molecule has 7 heteroatoms. The molecule has 0 bridgehead atoms. The van der Waals surface area contributed by atoms with E-state index in [0.29, 0.717) is 16.0 Å². The van der Waals surface area contributed by atoms with Crippen molar-refractivity contribution in [3.05, 3.63) is 21.8 Å². The summed E-state index contributed by atoms with van der Waals surface area (Å²) in [6.45, 7) is 0. The van der Waals surface area contributed by atoms with Gasteiger partial charge in [0, 0.05) is 11.0 Å². The lowest BCUT2D eigenvalue weighted by Crippen LogP contribution is -2.24. The van der Waals surface area contributed by atoms with Gasteiger partial charge >= 0.3 is 0 Å². The summed E-state index contributed by atoms with van der Waals surface area (Å²) < 4.78 is 0.492. The Morgan fingerprint density at radius 2 is 2.31 bits per heavy atom. The first-order chi connectivity index (χ1) is 6.18. The number of nitrogens with zero attached hydrogens (tertiary/aromatic N) is 4. The molecule has 0 aromatic heterocycles. The highest BCUT2D eigenvalue weighted by molar-refractivity contribution is 9.18. The Balaban J connectivity index is 2.36. The molecule has 0 saturated heterocycles. The summed E-state index contributed by atoms with van der Waals surface area (Å²) in [6.07, 6.45) is 2.70. The van der Waals surface area contributed by atoms with Crippen LogP contribution in [-0.4, -0.2) is 27.6 Å². The maximum Gasteiger partial charge on any atom is 0.267 e. The topological polar surface area (TPSA) is 80.2 Å². The minimum atomic E-state index is -0.880. The largest absolute Gasteiger partial charge is 0.267 e. The van der Waals surface area contributed by atoms with Crippen molar-refractivity contribution in [2.45, 2.75) is 6.04 Å². The number of rotatable bonds is 1. The highest BCUT2D eigenvalue weighted by atomic mass is 79.9. The molecular formula is C6H3BrN4O2. The van der Waals surface area contributed by atoms with E-state index in [4.69, 9.17) is 0 Å². The second-order valence-electron chi connectivity index (χ2n) is 2.45. The van der Waals surface area contributed by atoms with Gasteiger partial charge in [0.05, 0.1) is 11.8 Å². The highest BCUT2D eigenvalue weighted by Gasteiger charge is 2.27. The molecule has 0 unspecified atom stereocenters. The molecule has 0 aliphatic carbocycles. The average Bonchev–Trinajstić information content (AvgIpc) is 2.47. The van der Waals surface area contributed by atoms with E-state index in [2.05, 4.69) is 31.1 Å². The summed E-state index contributed by atoms with van der Waals surface area (Å²) in [5.74, 6) is 0.421. The van der Waals surface area contributed by atoms with Crippen LogP contribution in [0.25, 0.3) is 0 Å². The Morgan fingerprint density at radius 1 is 1.54 bits per heavy atom. The van der Waals surface area contributed by atoms with Crippen molar-refractivity contribution in [3.8, 4) is 0 Å². The van der Waals surface area contributed by atoms with Gasteiger partial charge in [-0.2, -0.15) is 0 Å². The number of halogens is 1. The monoisotopic (exact) mass is 242 g/mol. The first-order valence-corrected chi connectivity index (χ1v) is 4.19. The second-order valence-corrected chi connectivity index (χ2v) is 3.20. The van der Waals surface area contributed by atoms with Gasteiger partial charge in [-0.25, -0.2) is 4.99 Å². The number of hydrogen-bond acceptors (Lipinski definition) is 5. The van der Waals surface area contributed by atoms with Crippen LogP contribution in [0, 0.1) is 10.1 Å². The molecule has 2 heterocycles. The van der Waals surface area contributed by atoms with Gasteiger partial charge in [0.25, 0.3) is 6.04 Å². The fourth-order valence-corrected chi connectivity index (χ4v) is 1.39. The molecule has 0 saturated carbocycles. The van der Waals surface area contributed by atoms with E-state index in [9.17, 15) is 10.1 Å². The van der Waals surface area contributed by atoms with Gasteiger partial charge in [-0.05, 0) is 15.9 Å². The standard InChI is InChI=1S/C6H3BrN4O2/c7-5-4-1-3(11(12)13)2-8-6(4)10-9-5/h1-3H/t3-/m0/s1. The molecular weight excluding hydrogens is 240 g/mol. The minimum absolute atomic E-state index is 0.421. The van der Waals surface area contributed by atoms with Gasteiger partial charge in [-0.3, -0.25) is 10.1 Å². The predicted octanol–water partition coefficient (Wildman–Crippen LogP) is 0.763. The van der Waals surface area contributed by atoms with E-state index < -0.39 is 11.0 Å². The van der Waals surface area contributed by atoms with Crippen molar-refractivity contribution in [1.82, 2.24) is 0 Å². The first-order valence-electron chi connectivity index (χ1n) is 3.40. The summed E-state index contributed by atoms with van der Waals surface area (Å²) in [4.78, 5) is 13.8. The van der Waals surface area contributed by atoms with E-state index in [1.807, 2.05) is 0 Å². The van der Waals surface area contributed by atoms with Gasteiger partial charge in [-0.15, -0.1) is 10.2 Å². The normalized spacial score (nSPS) is 24.7. The van der Waals surface area contributed by atoms with Crippen molar-refractivity contribution in [2.75, 3.05) is 0 Å². The molecule has 0 aromatic rings. The summed E-state index contributed by atoms with van der Waals surface area (Å²) in [5.41, 5.74) is 0.587. The first kappa shape index (κ1) is 8.24. The summed E-state index contributed by atoms with van der Waals surface area (Å²) >= 11 is 3.13. The van der Waals surface area contributed by atoms with Crippen LogP contribution in [0.3, 0.4) is 0 Å². The summed E-state index contributed by atoms with van der Waals surface area (Å²) in [5, 5.41) is 17.8. The number of dihydropyridines is 1. The van der Waals surface area contributed by atoms with Crippen LogP contribution < -0.4 is 0 Å². The van der Waals surface area contributed by atoms with Crippen LogP contribution in [0.15, 0.2) is 26.8 Å². The van der Waals surface area contributed by atoms with Crippen molar-refractivity contribution >= 4 is 32.6 Å². The summed E-state index contributed by atoms with van der Waals surface area (Å²) in [7, 11) is 0. The van der Waals surface area contributed by atoms with Crippen LogP contribution >= 0.6 is 15.9 Å². The van der Waals surface area contributed by atoms with Crippen LogP contribution in [0.1, 0.15) is 0 Å². The molecule has 13 heavy (non-hydrogen) atoms. The number of nitro groups is 1. The van der Waals surface area contributed by atoms with Crippen molar-refractivity contribution < 1.29 is 4.92 Å². The van der Waals surface area contributed by atoms with Crippen molar-refractivity contribution in [1.29, 1.82) is 0 Å². The third kappa shape index (κ3) is 1.31. The third-order valence-corrected chi connectivity index (χ3v) is 2.21. The molecule has 0 fully saturated rings. The van der Waals surface area contributed by atoms with Crippen LogP contribution in [-0.2, 0) is 0 Å². The van der Waals surface area contributed by atoms with E-state index in [1.54, 1.807) is 0 Å². The van der Waals surface area contributed by atoms with E-state index in [-0.39, 0.29) is 0 Å². The number of hydrogen-bond donors (Lipinski definition) is 0. The minimum Gasteiger partial charge on any atom is -0.264 e. The van der Waals surface area contributed by atoms with Gasteiger partial charge in [0.1, 0.15) is 4.62 Å². The molecule has 2 aliphatic heterocycles. The lowest BCUT2D eigenvalue weighted by atomic mass is 10.1. The number of amidine groups is 1. The number of aliphatic imine (C=N–C) groups is 1. The molecule has 0 radical (unpaired) electrons. The van der Waals surface area contributed by atoms with E-state index in [1.165, 1.54) is 12.3 Å². The van der Waals surface area contributed by atoms with Crippen molar-refractivity contribution in [3.63, 3.8) is 0 Å². The Bertz CT molecular complexity index is 395. The van der Waals surface area contributed by atoms with E-state index >= 15 is 0 Å². The molecule has 0 amide bonds. The van der Waals surface area contributed by atoms with Crippen LogP contribution in [0.4, 0.5) is 0 Å². The Morgan fingerprint density at radius 3 is 3.00 bits per heavy atom. The van der Waals surface area contributed by atoms with Crippen molar-refractivity contribution in [2.24, 2.45) is 15.2 Å².